The summed E-state index contributed by atoms with van der Waals surface area (Å²) in [5.74, 6) is -0.585. The average molecular weight is 348 g/mol. The van der Waals surface area contributed by atoms with Crippen molar-refractivity contribution in [3.8, 4) is 5.75 Å². The van der Waals surface area contributed by atoms with E-state index < -0.39 is 11.9 Å². The Kier molecular flexibility index (Phi) is 4.52. The largest absolute Gasteiger partial charge is 0.494 e. The van der Waals surface area contributed by atoms with Gasteiger partial charge in [-0.2, -0.15) is 0 Å². The van der Waals surface area contributed by atoms with Crippen molar-refractivity contribution in [1.82, 2.24) is 15.2 Å². The normalized spacial score (nSPS) is 14.4. The predicted octanol–water partition coefficient (Wildman–Crippen LogP) is -0.0951. The van der Waals surface area contributed by atoms with E-state index in [0.29, 0.717) is 22.5 Å². The maximum absolute atomic E-state index is 12.5. The third kappa shape index (κ3) is 2.87. The molecule has 3 rings (SSSR count). The van der Waals surface area contributed by atoms with Crippen LogP contribution >= 0.6 is 0 Å². The molecular formula is C15H16N4O6. The number of amides is 1. The van der Waals surface area contributed by atoms with Crippen LogP contribution < -0.4 is 10.1 Å². The molecule has 0 aliphatic carbocycles. The van der Waals surface area contributed by atoms with Gasteiger partial charge in [-0.05, 0) is 22.4 Å². The molecule has 1 aromatic carbocycles. The van der Waals surface area contributed by atoms with Crippen molar-refractivity contribution in [2.45, 2.75) is 0 Å². The zero-order chi connectivity index (χ0) is 18.0. The monoisotopic (exact) mass is 348 g/mol. The Morgan fingerprint density at radius 3 is 2.80 bits per heavy atom. The number of fused-ring (bicyclic) bond motifs is 1. The number of aliphatic hydroxyl groups excluding tert-OH is 1. The molecular weight excluding hydrogens is 332 g/mol. The second-order valence-corrected chi connectivity index (χ2v) is 5.20. The van der Waals surface area contributed by atoms with Crippen molar-refractivity contribution >= 4 is 28.6 Å². The van der Waals surface area contributed by atoms with Gasteiger partial charge in [0.25, 0.3) is 5.91 Å². The lowest BCUT2D eigenvalue weighted by molar-refractivity contribution is -0.136. The van der Waals surface area contributed by atoms with Crippen molar-refractivity contribution in [3.05, 3.63) is 23.4 Å². The first-order valence-corrected chi connectivity index (χ1v) is 7.38. The van der Waals surface area contributed by atoms with Crippen molar-refractivity contribution < 1.29 is 28.8 Å². The summed E-state index contributed by atoms with van der Waals surface area (Å²) < 4.78 is 14.7. The zero-order valence-electron chi connectivity index (χ0n) is 13.6. The van der Waals surface area contributed by atoms with Gasteiger partial charge in [0.2, 0.25) is 0 Å². The van der Waals surface area contributed by atoms with E-state index in [4.69, 9.17) is 19.2 Å². The molecule has 0 saturated heterocycles. The van der Waals surface area contributed by atoms with Gasteiger partial charge in [-0.15, -0.1) is 0 Å². The van der Waals surface area contributed by atoms with Crippen molar-refractivity contribution in [3.63, 3.8) is 0 Å². The molecule has 1 aliphatic rings. The maximum atomic E-state index is 12.5. The van der Waals surface area contributed by atoms with Crippen LogP contribution in [-0.2, 0) is 14.3 Å². The number of hydrogen-bond donors (Lipinski definition) is 2. The highest BCUT2D eigenvalue weighted by atomic mass is 16.6. The van der Waals surface area contributed by atoms with Gasteiger partial charge >= 0.3 is 5.97 Å². The van der Waals surface area contributed by atoms with Crippen LogP contribution in [0.4, 0.5) is 5.69 Å². The molecule has 0 atom stereocenters. The summed E-state index contributed by atoms with van der Waals surface area (Å²) in [5, 5.41) is 19.6. The van der Waals surface area contributed by atoms with Crippen LogP contribution in [0.15, 0.2) is 28.0 Å². The molecule has 10 heteroatoms. The number of ether oxygens (including phenoxy) is 2. The fraction of sp³-hybridized carbons (Fsp3) is 0.333. The van der Waals surface area contributed by atoms with E-state index in [0.717, 1.165) is 0 Å². The van der Waals surface area contributed by atoms with Crippen LogP contribution in [0.2, 0.25) is 0 Å². The number of nitrogens with zero attached hydrogens (tertiary/aromatic N) is 3. The predicted molar refractivity (Wildman–Crippen MR) is 84.7 cm³/mol. The number of carbonyl (C=O) groups excluding carboxylic acids is 2. The van der Waals surface area contributed by atoms with Crippen molar-refractivity contribution in [2.24, 2.45) is 0 Å². The van der Waals surface area contributed by atoms with E-state index in [1.165, 1.54) is 19.1 Å². The number of benzene rings is 1. The number of hydrogen-bond acceptors (Lipinski definition) is 9. The first kappa shape index (κ1) is 16.7. The van der Waals surface area contributed by atoms with Gasteiger partial charge in [-0.3, -0.25) is 4.79 Å². The molecule has 25 heavy (non-hydrogen) atoms. The highest BCUT2D eigenvalue weighted by Gasteiger charge is 2.34. The number of methoxy groups -OCH3 is 2. The average Bonchev–Trinajstić information content (AvgIpc) is 3.22. The molecule has 1 amide bonds. The SMILES string of the molecule is COC(=O)C1=C(Nc2ccc(OC)c3nonc23)C(=O)N(CCO)C1. The molecule has 2 N–H and O–H groups in total. The van der Waals surface area contributed by atoms with E-state index >= 15 is 0 Å². The summed E-state index contributed by atoms with van der Waals surface area (Å²) in [4.78, 5) is 25.9. The summed E-state index contributed by atoms with van der Waals surface area (Å²) in [6.07, 6.45) is 0. The summed E-state index contributed by atoms with van der Waals surface area (Å²) in [7, 11) is 2.72. The lowest BCUT2D eigenvalue weighted by Gasteiger charge is -2.15. The molecule has 0 radical (unpaired) electrons. The van der Waals surface area contributed by atoms with Gasteiger partial charge in [0.1, 0.15) is 5.70 Å². The first-order valence-electron chi connectivity index (χ1n) is 7.38. The lowest BCUT2D eigenvalue weighted by atomic mass is 10.2. The summed E-state index contributed by atoms with van der Waals surface area (Å²) >= 11 is 0. The third-order valence-electron chi connectivity index (χ3n) is 3.81. The second-order valence-electron chi connectivity index (χ2n) is 5.20. The number of rotatable bonds is 6. The number of β-amino-alcohol motifs (C(OH)–C–C–N with tert-alkyl or cyclic N) is 1. The highest BCUT2D eigenvalue weighted by molar-refractivity contribution is 6.09. The number of esters is 1. The number of carbonyl (C=O) groups is 2. The van der Waals surface area contributed by atoms with Crippen molar-refractivity contribution in [2.75, 3.05) is 39.2 Å². The van der Waals surface area contributed by atoms with E-state index in [1.54, 1.807) is 12.1 Å². The molecule has 0 saturated carbocycles. The summed E-state index contributed by atoms with van der Waals surface area (Å²) in [5.41, 5.74) is 1.39. The Morgan fingerprint density at radius 1 is 1.36 bits per heavy atom. The van der Waals surface area contributed by atoms with E-state index in [-0.39, 0.29) is 31.0 Å². The number of aliphatic hydroxyl groups is 1. The number of anilines is 1. The van der Waals surface area contributed by atoms with Crippen LogP contribution in [0, 0.1) is 0 Å². The van der Waals surface area contributed by atoms with Gasteiger partial charge in [-0.25, -0.2) is 9.42 Å². The van der Waals surface area contributed by atoms with Gasteiger partial charge < -0.3 is 24.8 Å². The van der Waals surface area contributed by atoms with Gasteiger partial charge in [0.15, 0.2) is 16.8 Å². The molecule has 0 spiro atoms. The second kappa shape index (κ2) is 6.77. The van der Waals surface area contributed by atoms with Crippen LogP contribution in [0.3, 0.4) is 0 Å². The van der Waals surface area contributed by atoms with Crippen LogP contribution in [-0.4, -0.2) is 66.1 Å². The van der Waals surface area contributed by atoms with Gasteiger partial charge in [0, 0.05) is 6.54 Å². The Balaban J connectivity index is 2.01. The molecule has 1 aliphatic heterocycles. The Labute approximate surface area is 141 Å². The molecule has 132 valence electrons. The van der Waals surface area contributed by atoms with Crippen LogP contribution in [0.25, 0.3) is 11.0 Å². The highest BCUT2D eigenvalue weighted by Crippen LogP contribution is 2.31. The van der Waals surface area contributed by atoms with Gasteiger partial charge in [-0.1, -0.05) is 0 Å². The quantitative estimate of drug-likeness (QED) is 0.688. The Morgan fingerprint density at radius 2 is 2.12 bits per heavy atom. The number of aromatic nitrogens is 2. The smallest absolute Gasteiger partial charge is 0.337 e. The van der Waals surface area contributed by atoms with E-state index in [9.17, 15) is 9.59 Å². The van der Waals surface area contributed by atoms with Crippen LogP contribution in [0.1, 0.15) is 0 Å². The fourth-order valence-electron chi connectivity index (χ4n) is 2.59. The Bertz CT molecular complexity index is 859. The minimum Gasteiger partial charge on any atom is -0.494 e. The number of nitrogens with one attached hydrogen (secondary N) is 1. The van der Waals surface area contributed by atoms with E-state index in [1.807, 2.05) is 0 Å². The minimum absolute atomic E-state index is 0.0464. The fourth-order valence-corrected chi connectivity index (χ4v) is 2.59. The molecule has 1 aromatic heterocycles. The van der Waals surface area contributed by atoms with Crippen LogP contribution in [0.5, 0.6) is 5.75 Å². The molecule has 2 aromatic rings. The van der Waals surface area contributed by atoms with Gasteiger partial charge in [0.05, 0.1) is 38.6 Å². The molecule has 10 nitrogen and oxygen atoms in total. The Hall–Kier alpha value is -3.14. The third-order valence-corrected chi connectivity index (χ3v) is 3.81. The van der Waals surface area contributed by atoms with E-state index in [2.05, 4.69) is 15.6 Å². The van der Waals surface area contributed by atoms with Crippen molar-refractivity contribution in [1.29, 1.82) is 0 Å². The zero-order valence-corrected chi connectivity index (χ0v) is 13.6. The molecule has 2 heterocycles. The standard InChI is InChI=1S/C15H16N4O6/c1-23-10-4-3-9(12-13(10)18-25-17-12)16-11-8(15(22)24-2)7-19(5-6-20)14(11)21/h3-4,16,20H,5-7H2,1-2H3. The lowest BCUT2D eigenvalue weighted by Crippen LogP contribution is -2.31. The minimum atomic E-state index is -0.626. The topological polar surface area (TPSA) is 127 Å². The first-order chi connectivity index (χ1) is 12.1. The molecule has 0 fully saturated rings. The maximum Gasteiger partial charge on any atom is 0.337 e. The summed E-state index contributed by atoms with van der Waals surface area (Å²) in [6.45, 7) is -0.0632. The molecule has 0 unspecified atom stereocenters. The molecule has 0 bridgehead atoms. The summed E-state index contributed by atoms with van der Waals surface area (Å²) in [6, 6.07) is 3.27.